The first-order valence-corrected chi connectivity index (χ1v) is 10.4. The second-order valence-electron chi connectivity index (χ2n) is 8.63. The zero-order valence-electron chi connectivity index (χ0n) is 16.7. The van der Waals surface area contributed by atoms with Crippen LogP contribution in [0.1, 0.15) is 43.5 Å². The molecular weight excluding hydrogens is 340 g/mol. The molecule has 0 bridgehead atoms. The zero-order valence-corrected chi connectivity index (χ0v) is 16.7. The van der Waals surface area contributed by atoms with Gasteiger partial charge in [-0.3, -0.25) is 9.69 Å². The molecule has 1 aromatic heterocycles. The number of hydrogen-bond donors (Lipinski definition) is 0. The van der Waals surface area contributed by atoms with Gasteiger partial charge in [-0.15, -0.1) is 0 Å². The smallest absolute Gasteiger partial charge is 0.254 e. The highest BCUT2D eigenvalue weighted by Gasteiger charge is 2.37. The van der Waals surface area contributed by atoms with Crippen molar-refractivity contribution in [2.75, 3.05) is 57.4 Å². The Morgan fingerprint density at radius 1 is 1.19 bits per heavy atom. The van der Waals surface area contributed by atoms with Gasteiger partial charge in [0.2, 0.25) is 0 Å². The lowest BCUT2D eigenvalue weighted by Gasteiger charge is -2.48. The molecule has 0 N–H and O–H groups in total. The summed E-state index contributed by atoms with van der Waals surface area (Å²) >= 11 is 0. The fourth-order valence-corrected chi connectivity index (χ4v) is 4.66. The maximum absolute atomic E-state index is 13.1. The van der Waals surface area contributed by atoms with E-state index < -0.39 is 0 Å². The molecule has 0 aliphatic carbocycles. The highest BCUT2D eigenvalue weighted by atomic mass is 16.5. The lowest BCUT2D eigenvalue weighted by atomic mass is 9.87. The molecular formula is C21H32N4O2. The van der Waals surface area contributed by atoms with Crippen LogP contribution in [0.25, 0.3) is 0 Å². The fourth-order valence-electron chi connectivity index (χ4n) is 4.66. The molecule has 4 heterocycles. The summed E-state index contributed by atoms with van der Waals surface area (Å²) in [6.45, 7) is 12.0. The van der Waals surface area contributed by atoms with Gasteiger partial charge in [0.05, 0.1) is 13.2 Å². The minimum absolute atomic E-state index is 0.148. The van der Waals surface area contributed by atoms with E-state index in [-0.39, 0.29) is 11.4 Å². The topological polar surface area (TPSA) is 48.9 Å². The Kier molecular flexibility index (Phi) is 5.37. The van der Waals surface area contributed by atoms with Crippen molar-refractivity contribution < 1.29 is 9.53 Å². The third kappa shape index (κ3) is 3.97. The molecule has 1 atom stereocenters. The van der Waals surface area contributed by atoms with Gasteiger partial charge in [-0.2, -0.15) is 0 Å². The minimum Gasteiger partial charge on any atom is -0.379 e. The van der Waals surface area contributed by atoms with Gasteiger partial charge >= 0.3 is 0 Å². The fraction of sp³-hybridized carbons (Fsp3) is 0.714. The summed E-state index contributed by atoms with van der Waals surface area (Å²) in [4.78, 5) is 24.4. The Morgan fingerprint density at radius 3 is 2.59 bits per heavy atom. The molecule has 3 aliphatic heterocycles. The number of hydrogen-bond acceptors (Lipinski definition) is 5. The molecule has 6 nitrogen and oxygen atoms in total. The number of ether oxygens (including phenoxy) is 1. The minimum atomic E-state index is 0.148. The van der Waals surface area contributed by atoms with Crippen LogP contribution in [0.3, 0.4) is 0 Å². The lowest BCUT2D eigenvalue weighted by molar-refractivity contribution is -0.0372. The van der Waals surface area contributed by atoms with Crippen LogP contribution in [-0.2, 0) is 4.74 Å². The van der Waals surface area contributed by atoms with Gasteiger partial charge in [0.15, 0.2) is 0 Å². The van der Waals surface area contributed by atoms with Crippen molar-refractivity contribution in [1.29, 1.82) is 0 Å². The monoisotopic (exact) mass is 372 g/mol. The molecule has 0 saturated carbocycles. The number of amides is 1. The number of aromatic nitrogens is 1. The molecule has 3 saturated heterocycles. The number of likely N-dealkylation sites (tertiary alicyclic amines) is 1. The number of rotatable bonds is 3. The average Bonchev–Trinajstić information content (AvgIpc) is 3.15. The van der Waals surface area contributed by atoms with E-state index in [0.717, 1.165) is 76.7 Å². The number of carbonyl (C=O) groups is 1. The van der Waals surface area contributed by atoms with Crippen molar-refractivity contribution in [3.8, 4) is 0 Å². The van der Waals surface area contributed by atoms with Gasteiger partial charge in [0.25, 0.3) is 5.91 Å². The molecule has 4 rings (SSSR count). The van der Waals surface area contributed by atoms with Gasteiger partial charge in [-0.05, 0) is 44.2 Å². The molecule has 3 aliphatic rings. The molecule has 1 aromatic rings. The SMILES string of the molecule is C[C@H]1CCN(c2cc(C(=O)N3CCC(C)(N4CCOCC4)CC3)ccn2)C1. The number of piperidine rings is 1. The van der Waals surface area contributed by atoms with Crippen molar-refractivity contribution in [1.82, 2.24) is 14.8 Å². The molecule has 3 fully saturated rings. The van der Waals surface area contributed by atoms with E-state index in [9.17, 15) is 4.79 Å². The summed E-state index contributed by atoms with van der Waals surface area (Å²) in [5.41, 5.74) is 0.963. The van der Waals surface area contributed by atoms with Crippen molar-refractivity contribution >= 4 is 11.7 Å². The van der Waals surface area contributed by atoms with Crippen molar-refractivity contribution in [2.24, 2.45) is 5.92 Å². The van der Waals surface area contributed by atoms with Crippen molar-refractivity contribution in [3.63, 3.8) is 0 Å². The standard InChI is InChI=1S/C21H32N4O2/c1-17-4-8-24(16-17)19-15-18(3-7-22-19)20(26)23-9-5-21(2,6-10-23)25-11-13-27-14-12-25/h3,7,15,17H,4-6,8-14,16H2,1-2H3/t17-/m0/s1. The number of morpholine rings is 1. The first-order valence-electron chi connectivity index (χ1n) is 10.4. The van der Waals surface area contributed by atoms with E-state index in [1.54, 1.807) is 6.20 Å². The highest BCUT2D eigenvalue weighted by molar-refractivity contribution is 5.95. The molecule has 0 unspecified atom stereocenters. The van der Waals surface area contributed by atoms with E-state index in [4.69, 9.17) is 4.74 Å². The maximum Gasteiger partial charge on any atom is 0.254 e. The van der Waals surface area contributed by atoms with Gasteiger partial charge in [-0.25, -0.2) is 4.98 Å². The zero-order chi connectivity index (χ0) is 18.9. The molecule has 0 aromatic carbocycles. The van der Waals surface area contributed by atoms with Crippen molar-refractivity contribution in [2.45, 2.75) is 38.6 Å². The van der Waals surface area contributed by atoms with Crippen LogP contribution >= 0.6 is 0 Å². The Morgan fingerprint density at radius 2 is 1.93 bits per heavy atom. The predicted molar refractivity (Wildman–Crippen MR) is 106 cm³/mol. The molecule has 6 heteroatoms. The van der Waals surface area contributed by atoms with Crippen LogP contribution in [0.5, 0.6) is 0 Å². The first kappa shape index (κ1) is 18.7. The van der Waals surface area contributed by atoms with E-state index in [1.165, 1.54) is 6.42 Å². The number of anilines is 1. The molecule has 148 valence electrons. The summed E-state index contributed by atoms with van der Waals surface area (Å²) in [5, 5.41) is 0. The van der Waals surface area contributed by atoms with Crippen molar-refractivity contribution in [3.05, 3.63) is 23.9 Å². The second kappa shape index (κ2) is 7.76. The van der Waals surface area contributed by atoms with Gasteiger partial charge < -0.3 is 14.5 Å². The summed E-state index contributed by atoms with van der Waals surface area (Å²) in [5.74, 6) is 1.79. The lowest BCUT2D eigenvalue weighted by Crippen LogP contribution is -2.57. The first-order chi connectivity index (χ1) is 13.0. The molecule has 0 spiro atoms. The van der Waals surface area contributed by atoms with E-state index in [0.29, 0.717) is 5.92 Å². The normalized spacial score (nSPS) is 26.4. The van der Waals surface area contributed by atoms with Crippen LogP contribution < -0.4 is 4.90 Å². The quantitative estimate of drug-likeness (QED) is 0.815. The van der Waals surface area contributed by atoms with Crippen LogP contribution in [0, 0.1) is 5.92 Å². The van der Waals surface area contributed by atoms with E-state index in [1.807, 2.05) is 17.0 Å². The van der Waals surface area contributed by atoms with Crippen LogP contribution in [0.15, 0.2) is 18.3 Å². The Balaban J connectivity index is 1.39. The van der Waals surface area contributed by atoms with Crippen LogP contribution in [-0.4, -0.2) is 78.7 Å². The third-order valence-electron chi connectivity index (χ3n) is 6.64. The molecule has 27 heavy (non-hydrogen) atoms. The summed E-state index contributed by atoms with van der Waals surface area (Å²) in [7, 11) is 0. The Labute approximate surface area is 162 Å². The second-order valence-corrected chi connectivity index (χ2v) is 8.63. The van der Waals surface area contributed by atoms with E-state index in [2.05, 4.69) is 28.6 Å². The third-order valence-corrected chi connectivity index (χ3v) is 6.64. The van der Waals surface area contributed by atoms with E-state index >= 15 is 0 Å². The van der Waals surface area contributed by atoms with Crippen LogP contribution in [0.4, 0.5) is 5.82 Å². The van der Waals surface area contributed by atoms with Gasteiger partial charge in [0, 0.05) is 56.6 Å². The van der Waals surface area contributed by atoms with Gasteiger partial charge in [-0.1, -0.05) is 6.92 Å². The predicted octanol–water partition coefficient (Wildman–Crippen LogP) is 2.25. The number of carbonyl (C=O) groups excluding carboxylic acids is 1. The summed E-state index contributed by atoms with van der Waals surface area (Å²) in [6.07, 6.45) is 5.04. The number of nitrogens with zero attached hydrogens (tertiary/aromatic N) is 4. The van der Waals surface area contributed by atoms with Gasteiger partial charge in [0.1, 0.15) is 5.82 Å². The molecule has 0 radical (unpaired) electrons. The summed E-state index contributed by atoms with van der Waals surface area (Å²) in [6, 6.07) is 3.84. The summed E-state index contributed by atoms with van der Waals surface area (Å²) < 4.78 is 5.50. The Hall–Kier alpha value is -1.66. The Bertz CT molecular complexity index is 666. The van der Waals surface area contributed by atoms with Crippen LogP contribution in [0.2, 0.25) is 0 Å². The molecule has 1 amide bonds. The highest BCUT2D eigenvalue weighted by Crippen LogP contribution is 2.30. The largest absolute Gasteiger partial charge is 0.379 e. The maximum atomic E-state index is 13.1. The average molecular weight is 373 g/mol. The number of pyridine rings is 1.